The van der Waals surface area contributed by atoms with E-state index in [0.29, 0.717) is 13.0 Å². The molecule has 0 radical (unpaired) electrons. The Hall–Kier alpha value is -2.24. The molecule has 0 saturated carbocycles. The summed E-state index contributed by atoms with van der Waals surface area (Å²) in [5, 5.41) is 0. The van der Waals surface area contributed by atoms with Gasteiger partial charge >= 0.3 is 5.97 Å². The van der Waals surface area contributed by atoms with Gasteiger partial charge < -0.3 is 19.9 Å². The Morgan fingerprint density at radius 1 is 1.04 bits per heavy atom. The normalized spacial score (nSPS) is 11.1. The summed E-state index contributed by atoms with van der Waals surface area (Å²) < 4.78 is 15.5. The maximum atomic E-state index is 11.3. The Labute approximate surface area is 148 Å². The number of halogens is 1. The predicted octanol–water partition coefficient (Wildman–Crippen LogP) is 2.74. The van der Waals surface area contributed by atoms with Crippen molar-refractivity contribution < 1.29 is 19.0 Å². The van der Waals surface area contributed by atoms with Gasteiger partial charge in [0.15, 0.2) is 0 Å². The highest BCUT2D eigenvalue weighted by atomic mass is 35.5. The van der Waals surface area contributed by atoms with Gasteiger partial charge in [0.25, 0.3) is 0 Å². The third kappa shape index (κ3) is 5.76. The quantitative estimate of drug-likeness (QED) is 0.777. The van der Waals surface area contributed by atoms with Crippen LogP contribution in [-0.4, -0.2) is 26.2 Å². The molecule has 0 aliphatic rings. The molecule has 2 aromatic rings. The van der Waals surface area contributed by atoms with E-state index in [2.05, 4.69) is 4.74 Å². The van der Waals surface area contributed by atoms with Crippen LogP contribution in [0.5, 0.6) is 11.5 Å². The predicted molar refractivity (Wildman–Crippen MR) is 94.7 cm³/mol. The van der Waals surface area contributed by atoms with Crippen molar-refractivity contribution >= 4 is 18.4 Å². The van der Waals surface area contributed by atoms with Crippen molar-refractivity contribution in [2.24, 2.45) is 5.73 Å². The summed E-state index contributed by atoms with van der Waals surface area (Å²) in [7, 11) is 2.97. The van der Waals surface area contributed by atoms with E-state index in [4.69, 9.17) is 15.2 Å². The minimum atomic E-state index is -0.649. The van der Waals surface area contributed by atoms with Crippen molar-refractivity contribution in [2.75, 3.05) is 14.2 Å². The molecule has 24 heavy (non-hydrogen) atoms. The third-order valence-corrected chi connectivity index (χ3v) is 3.42. The topological polar surface area (TPSA) is 70.8 Å². The highest BCUT2D eigenvalue weighted by molar-refractivity contribution is 5.85. The number of benzene rings is 2. The number of methoxy groups -OCH3 is 2. The standard InChI is InChI=1S/C18H21NO4.ClH/c1-21-16-5-3-4-14(10-16)12-23-15-8-6-13(7-9-15)11-17(19)18(20)22-2;/h3-10,17H,11-12,19H2,1-2H3;1H. The first-order chi connectivity index (χ1) is 11.1. The molecule has 0 aliphatic heterocycles. The number of hydrogen-bond acceptors (Lipinski definition) is 5. The van der Waals surface area contributed by atoms with Crippen LogP contribution in [-0.2, 0) is 22.6 Å². The lowest BCUT2D eigenvalue weighted by molar-refractivity contribution is -0.142. The van der Waals surface area contributed by atoms with Crippen molar-refractivity contribution in [3.05, 3.63) is 59.7 Å². The molecule has 2 rings (SSSR count). The van der Waals surface area contributed by atoms with Crippen LogP contribution in [0.25, 0.3) is 0 Å². The Morgan fingerprint density at radius 2 is 1.75 bits per heavy atom. The molecule has 2 aromatic carbocycles. The van der Waals surface area contributed by atoms with E-state index in [0.717, 1.165) is 22.6 Å². The van der Waals surface area contributed by atoms with Gasteiger partial charge in [-0.15, -0.1) is 12.4 Å². The number of carbonyl (C=O) groups excluding carboxylic acids is 1. The van der Waals surface area contributed by atoms with Gasteiger partial charge in [0.2, 0.25) is 0 Å². The lowest BCUT2D eigenvalue weighted by atomic mass is 10.1. The molecule has 0 heterocycles. The molecule has 0 saturated heterocycles. The summed E-state index contributed by atoms with van der Waals surface area (Å²) in [6, 6.07) is 14.6. The maximum absolute atomic E-state index is 11.3. The van der Waals surface area contributed by atoms with E-state index in [9.17, 15) is 4.79 Å². The molecule has 0 aromatic heterocycles. The zero-order chi connectivity index (χ0) is 16.7. The molecule has 0 fully saturated rings. The highest BCUT2D eigenvalue weighted by Gasteiger charge is 2.14. The molecule has 0 aliphatic carbocycles. The number of carbonyl (C=O) groups is 1. The van der Waals surface area contributed by atoms with Crippen molar-refractivity contribution in [1.82, 2.24) is 0 Å². The monoisotopic (exact) mass is 351 g/mol. The van der Waals surface area contributed by atoms with Crippen LogP contribution in [0.3, 0.4) is 0 Å². The van der Waals surface area contributed by atoms with E-state index in [1.54, 1.807) is 7.11 Å². The molecule has 1 atom stereocenters. The lowest BCUT2D eigenvalue weighted by Gasteiger charge is -2.11. The van der Waals surface area contributed by atoms with E-state index >= 15 is 0 Å². The van der Waals surface area contributed by atoms with Crippen molar-refractivity contribution in [3.63, 3.8) is 0 Å². The van der Waals surface area contributed by atoms with Gasteiger partial charge in [-0.1, -0.05) is 24.3 Å². The van der Waals surface area contributed by atoms with E-state index < -0.39 is 12.0 Å². The van der Waals surface area contributed by atoms with Crippen LogP contribution in [0.2, 0.25) is 0 Å². The number of hydrogen-bond donors (Lipinski definition) is 1. The van der Waals surface area contributed by atoms with Gasteiger partial charge in [0.05, 0.1) is 14.2 Å². The van der Waals surface area contributed by atoms with Gasteiger partial charge in [-0.25, -0.2) is 0 Å². The van der Waals surface area contributed by atoms with Crippen LogP contribution in [0.4, 0.5) is 0 Å². The van der Waals surface area contributed by atoms with Crippen LogP contribution in [0.15, 0.2) is 48.5 Å². The molecular formula is C18H22ClNO4. The van der Waals surface area contributed by atoms with Gasteiger partial charge in [0, 0.05) is 0 Å². The zero-order valence-electron chi connectivity index (χ0n) is 13.7. The van der Waals surface area contributed by atoms with Gasteiger partial charge in [0.1, 0.15) is 24.1 Å². The summed E-state index contributed by atoms with van der Waals surface area (Å²) >= 11 is 0. The maximum Gasteiger partial charge on any atom is 0.322 e. The largest absolute Gasteiger partial charge is 0.497 e. The van der Waals surface area contributed by atoms with Crippen molar-refractivity contribution in [3.8, 4) is 11.5 Å². The summed E-state index contributed by atoms with van der Waals surface area (Å²) in [6.45, 7) is 0.457. The van der Waals surface area contributed by atoms with Gasteiger partial charge in [-0.05, 0) is 41.8 Å². The molecule has 6 heteroatoms. The fourth-order valence-corrected chi connectivity index (χ4v) is 2.14. The fourth-order valence-electron chi connectivity index (χ4n) is 2.14. The number of ether oxygens (including phenoxy) is 3. The van der Waals surface area contributed by atoms with Crippen LogP contribution < -0.4 is 15.2 Å². The minimum Gasteiger partial charge on any atom is -0.497 e. The third-order valence-electron chi connectivity index (χ3n) is 3.42. The molecule has 0 bridgehead atoms. The van der Waals surface area contributed by atoms with Crippen LogP contribution >= 0.6 is 12.4 Å². The summed E-state index contributed by atoms with van der Waals surface area (Å²) in [5.74, 6) is 1.14. The molecular weight excluding hydrogens is 330 g/mol. The highest BCUT2D eigenvalue weighted by Crippen LogP contribution is 2.17. The first-order valence-corrected chi connectivity index (χ1v) is 7.30. The fraction of sp³-hybridized carbons (Fsp3) is 0.278. The number of rotatable bonds is 7. The molecule has 130 valence electrons. The van der Waals surface area contributed by atoms with Gasteiger partial charge in [-0.2, -0.15) is 0 Å². The smallest absolute Gasteiger partial charge is 0.322 e. The zero-order valence-corrected chi connectivity index (χ0v) is 14.5. The summed E-state index contributed by atoms with van der Waals surface area (Å²) in [4.78, 5) is 11.3. The second-order valence-corrected chi connectivity index (χ2v) is 5.12. The van der Waals surface area contributed by atoms with Gasteiger partial charge in [-0.3, -0.25) is 4.79 Å². The lowest BCUT2D eigenvalue weighted by Crippen LogP contribution is -2.33. The molecule has 2 N–H and O–H groups in total. The Bertz CT molecular complexity index is 646. The van der Waals surface area contributed by atoms with Crippen molar-refractivity contribution in [1.29, 1.82) is 0 Å². The van der Waals surface area contributed by atoms with Crippen molar-refractivity contribution in [2.45, 2.75) is 19.1 Å². The van der Waals surface area contributed by atoms with E-state index in [1.807, 2.05) is 48.5 Å². The second-order valence-electron chi connectivity index (χ2n) is 5.12. The Balaban J connectivity index is 0.00000288. The van der Waals surface area contributed by atoms with E-state index in [-0.39, 0.29) is 12.4 Å². The average molecular weight is 352 g/mol. The number of nitrogens with two attached hydrogens (primary N) is 1. The van der Waals surface area contributed by atoms with E-state index in [1.165, 1.54) is 7.11 Å². The SMILES string of the molecule is COC(=O)C(N)Cc1ccc(OCc2cccc(OC)c2)cc1.Cl. The van der Waals surface area contributed by atoms with Crippen LogP contribution in [0, 0.1) is 0 Å². The first kappa shape index (κ1) is 19.8. The molecule has 5 nitrogen and oxygen atoms in total. The molecule has 1 unspecified atom stereocenters. The summed E-state index contributed by atoms with van der Waals surface area (Å²) in [6.07, 6.45) is 0.433. The second kappa shape index (κ2) is 9.80. The Morgan fingerprint density at radius 3 is 2.38 bits per heavy atom. The van der Waals surface area contributed by atoms with Crippen LogP contribution in [0.1, 0.15) is 11.1 Å². The number of esters is 1. The minimum absolute atomic E-state index is 0. The molecule has 0 spiro atoms. The average Bonchev–Trinajstić information content (AvgIpc) is 2.60. The first-order valence-electron chi connectivity index (χ1n) is 7.30. The molecule has 0 amide bonds. The Kier molecular flexibility index (Phi) is 8.09. The summed E-state index contributed by atoms with van der Waals surface area (Å²) in [5.41, 5.74) is 7.73.